The lowest BCUT2D eigenvalue weighted by molar-refractivity contribution is -0.189. The third kappa shape index (κ3) is 5.74. The molecule has 198 valence electrons. The number of hydrogen-bond acceptors (Lipinski definition) is 2. The van der Waals surface area contributed by atoms with Crippen molar-refractivity contribution in [2.24, 2.45) is 5.92 Å². The molecule has 4 rings (SSSR count). The average Bonchev–Trinajstić information content (AvgIpc) is 2.82. The van der Waals surface area contributed by atoms with E-state index in [2.05, 4.69) is 11.7 Å². The van der Waals surface area contributed by atoms with Crippen molar-refractivity contribution in [3.63, 3.8) is 0 Å². The highest BCUT2D eigenvalue weighted by Crippen LogP contribution is 2.39. The maximum absolute atomic E-state index is 14.9. The Kier molecular flexibility index (Phi) is 7.77. The number of ether oxygens (including phenoxy) is 2. The van der Waals surface area contributed by atoms with E-state index in [-0.39, 0.29) is 29.4 Å². The van der Waals surface area contributed by atoms with Gasteiger partial charge in [-0.25, -0.2) is 26.3 Å². The molecule has 3 aromatic carbocycles. The van der Waals surface area contributed by atoms with Crippen LogP contribution in [0.3, 0.4) is 0 Å². The Balaban J connectivity index is 1.57. The zero-order valence-corrected chi connectivity index (χ0v) is 19.6. The predicted octanol–water partition coefficient (Wildman–Crippen LogP) is 8.58. The van der Waals surface area contributed by atoms with Gasteiger partial charge in [-0.15, -0.1) is 0 Å². The highest BCUT2D eigenvalue weighted by Gasteiger charge is 2.41. The van der Waals surface area contributed by atoms with Crippen LogP contribution in [0.25, 0.3) is 11.1 Å². The summed E-state index contributed by atoms with van der Waals surface area (Å²) >= 11 is 0. The fourth-order valence-electron chi connectivity index (χ4n) is 4.47. The summed E-state index contributed by atoms with van der Waals surface area (Å²) in [6.07, 6.45) is -1.38. The first-order valence-corrected chi connectivity index (χ1v) is 11.6. The van der Waals surface area contributed by atoms with Crippen molar-refractivity contribution in [3.8, 4) is 16.9 Å². The molecule has 1 heterocycles. The number of halogens is 8. The lowest BCUT2D eigenvalue weighted by atomic mass is 9.91. The van der Waals surface area contributed by atoms with Gasteiger partial charge in [0.2, 0.25) is 0 Å². The first kappa shape index (κ1) is 26.9. The number of benzene rings is 3. The molecule has 10 heteroatoms. The second kappa shape index (κ2) is 10.7. The first-order chi connectivity index (χ1) is 17.5. The average molecular weight is 530 g/mol. The molecule has 1 fully saturated rings. The second-order valence-electron chi connectivity index (χ2n) is 8.93. The summed E-state index contributed by atoms with van der Waals surface area (Å²) < 4.78 is 123. The molecule has 0 aromatic heterocycles. The summed E-state index contributed by atoms with van der Waals surface area (Å²) in [7, 11) is 0. The Hall–Kier alpha value is -3.14. The molecule has 2 nitrogen and oxygen atoms in total. The molecule has 3 aromatic rings. The minimum atomic E-state index is -4.74. The molecule has 0 amide bonds. The van der Waals surface area contributed by atoms with Crippen molar-refractivity contribution in [2.75, 3.05) is 6.61 Å². The van der Waals surface area contributed by atoms with Gasteiger partial charge in [-0.05, 0) is 54.5 Å². The highest BCUT2D eigenvalue weighted by molar-refractivity contribution is 5.65. The Morgan fingerprint density at radius 2 is 1.49 bits per heavy atom. The van der Waals surface area contributed by atoms with Crippen LogP contribution in [0.2, 0.25) is 0 Å². The third-order valence-corrected chi connectivity index (χ3v) is 6.28. The van der Waals surface area contributed by atoms with E-state index < -0.39 is 52.3 Å². The van der Waals surface area contributed by atoms with Crippen molar-refractivity contribution in [1.82, 2.24) is 0 Å². The maximum Gasteiger partial charge on any atom is 0.432 e. The van der Waals surface area contributed by atoms with Crippen LogP contribution < -0.4 is 4.74 Å². The van der Waals surface area contributed by atoms with E-state index in [0.717, 1.165) is 19.3 Å². The van der Waals surface area contributed by atoms with Gasteiger partial charge in [-0.2, -0.15) is 8.78 Å². The van der Waals surface area contributed by atoms with Crippen LogP contribution >= 0.6 is 0 Å². The van der Waals surface area contributed by atoms with Crippen LogP contribution in [0.1, 0.15) is 49.8 Å². The SMILES string of the molecule is CCCC1CCC(c2ccc(-c3cc(F)c(C(F)(F)Oc4cc(F)c(F)c(F)c4)c(F)c3)c(F)c2)OC1. The summed E-state index contributed by atoms with van der Waals surface area (Å²) in [5.41, 5.74) is -1.91. The monoisotopic (exact) mass is 530 g/mol. The van der Waals surface area contributed by atoms with Gasteiger partial charge in [0, 0.05) is 17.7 Å². The lowest BCUT2D eigenvalue weighted by Crippen LogP contribution is -2.25. The van der Waals surface area contributed by atoms with Crippen LogP contribution in [0.15, 0.2) is 42.5 Å². The first-order valence-electron chi connectivity index (χ1n) is 11.6. The van der Waals surface area contributed by atoms with Crippen molar-refractivity contribution in [3.05, 3.63) is 88.5 Å². The zero-order chi connectivity index (χ0) is 26.9. The minimum absolute atomic E-state index is 0.105. The summed E-state index contributed by atoms with van der Waals surface area (Å²) in [6, 6.07) is 5.19. The molecule has 1 saturated heterocycles. The van der Waals surface area contributed by atoms with Gasteiger partial charge >= 0.3 is 6.11 Å². The molecule has 1 aliphatic heterocycles. The molecule has 0 bridgehead atoms. The van der Waals surface area contributed by atoms with Crippen LogP contribution in [0.5, 0.6) is 5.75 Å². The molecule has 0 saturated carbocycles. The molecule has 2 atom stereocenters. The maximum atomic E-state index is 14.9. The summed E-state index contributed by atoms with van der Waals surface area (Å²) in [4.78, 5) is 0. The van der Waals surface area contributed by atoms with Crippen molar-refractivity contribution in [2.45, 2.75) is 44.8 Å². The van der Waals surface area contributed by atoms with E-state index in [1.807, 2.05) is 0 Å². The topological polar surface area (TPSA) is 18.5 Å². The summed E-state index contributed by atoms with van der Waals surface area (Å²) in [5, 5.41) is 0. The fourth-order valence-corrected chi connectivity index (χ4v) is 4.47. The molecule has 0 radical (unpaired) electrons. The zero-order valence-electron chi connectivity index (χ0n) is 19.6. The van der Waals surface area contributed by atoms with Crippen molar-refractivity contribution in [1.29, 1.82) is 0 Å². The smallest absolute Gasteiger partial charge is 0.429 e. The Bertz CT molecular complexity index is 1240. The molecular formula is C27H22F8O2. The second-order valence-corrected chi connectivity index (χ2v) is 8.93. The van der Waals surface area contributed by atoms with E-state index in [9.17, 15) is 35.1 Å². The van der Waals surface area contributed by atoms with Gasteiger partial charge < -0.3 is 9.47 Å². The Morgan fingerprint density at radius 1 is 0.838 bits per heavy atom. The number of hydrogen-bond donors (Lipinski definition) is 0. The Labute approximate surface area is 207 Å². The highest BCUT2D eigenvalue weighted by atomic mass is 19.3. The summed E-state index contributed by atoms with van der Waals surface area (Å²) in [6.45, 7) is 2.63. The van der Waals surface area contributed by atoms with Crippen LogP contribution in [0.4, 0.5) is 35.1 Å². The van der Waals surface area contributed by atoms with Gasteiger partial charge in [-0.3, -0.25) is 0 Å². The van der Waals surface area contributed by atoms with E-state index >= 15 is 0 Å². The molecule has 37 heavy (non-hydrogen) atoms. The van der Waals surface area contributed by atoms with Gasteiger partial charge in [0.1, 0.15) is 28.8 Å². The summed E-state index contributed by atoms with van der Waals surface area (Å²) in [5.74, 6) is -10.8. The van der Waals surface area contributed by atoms with Crippen LogP contribution in [0, 0.1) is 40.8 Å². The van der Waals surface area contributed by atoms with E-state index in [1.54, 1.807) is 6.07 Å². The molecule has 1 aliphatic rings. The van der Waals surface area contributed by atoms with Crippen LogP contribution in [-0.2, 0) is 10.8 Å². The Morgan fingerprint density at radius 3 is 2.03 bits per heavy atom. The largest absolute Gasteiger partial charge is 0.432 e. The third-order valence-electron chi connectivity index (χ3n) is 6.28. The molecule has 0 spiro atoms. The number of rotatable bonds is 7. The van der Waals surface area contributed by atoms with Gasteiger partial charge in [0.25, 0.3) is 0 Å². The van der Waals surface area contributed by atoms with E-state index in [1.165, 1.54) is 12.1 Å². The normalized spacial score (nSPS) is 18.2. The standard InChI is InChI=1S/C27H22F8O2/c1-2-3-14-4-7-24(36-13-14)15-5-6-18(19(28)8-15)16-9-20(29)25(21(30)10-16)27(34,35)37-17-11-22(31)26(33)23(32)12-17/h5-6,8-12,14,24H,2-4,7,13H2,1H3. The fraction of sp³-hybridized carbons (Fsp3) is 0.333. The molecular weight excluding hydrogens is 508 g/mol. The lowest BCUT2D eigenvalue weighted by Gasteiger charge is -2.29. The number of alkyl halides is 2. The van der Waals surface area contributed by atoms with Gasteiger partial charge in [0.15, 0.2) is 17.5 Å². The van der Waals surface area contributed by atoms with Gasteiger partial charge in [-0.1, -0.05) is 25.5 Å². The minimum Gasteiger partial charge on any atom is -0.429 e. The van der Waals surface area contributed by atoms with Gasteiger partial charge in [0.05, 0.1) is 12.7 Å². The quantitative estimate of drug-likeness (QED) is 0.225. The predicted molar refractivity (Wildman–Crippen MR) is 119 cm³/mol. The molecule has 2 unspecified atom stereocenters. The van der Waals surface area contributed by atoms with Crippen molar-refractivity contribution >= 4 is 0 Å². The molecule has 0 N–H and O–H groups in total. The van der Waals surface area contributed by atoms with E-state index in [0.29, 0.717) is 36.6 Å². The van der Waals surface area contributed by atoms with Crippen LogP contribution in [-0.4, -0.2) is 6.61 Å². The van der Waals surface area contributed by atoms with Crippen molar-refractivity contribution < 1.29 is 44.6 Å². The van der Waals surface area contributed by atoms with E-state index in [4.69, 9.17) is 4.74 Å². The molecule has 0 aliphatic carbocycles.